The molecule has 0 rings (SSSR count). The second kappa shape index (κ2) is 6.57. The highest BCUT2D eigenvalue weighted by atomic mass is 32.2. The Hall–Kier alpha value is -0.130. The molecule has 0 aliphatic carbocycles. The highest BCUT2D eigenvalue weighted by Crippen LogP contribution is 1.98. The molecule has 0 saturated heterocycles. The van der Waals surface area contributed by atoms with Crippen LogP contribution in [0.1, 0.15) is 0 Å². The van der Waals surface area contributed by atoms with E-state index in [0.717, 1.165) is 0 Å². The molecule has 0 aromatic carbocycles. The lowest BCUT2D eigenvalue weighted by molar-refractivity contribution is -0.138. The van der Waals surface area contributed by atoms with Crippen LogP contribution in [-0.4, -0.2) is 28.6 Å². The van der Waals surface area contributed by atoms with Gasteiger partial charge in [0, 0.05) is 11.5 Å². The van der Waals surface area contributed by atoms with Crippen LogP contribution in [0.3, 0.4) is 0 Å². The zero-order valence-corrected chi connectivity index (χ0v) is 7.70. The Bertz CT molecular complexity index is 141. The van der Waals surface area contributed by atoms with Gasteiger partial charge in [0.15, 0.2) is 0 Å². The van der Waals surface area contributed by atoms with Crippen LogP contribution >= 0.6 is 24.6 Å². The molecule has 1 atom stereocenters. The second-order valence-electron chi connectivity index (χ2n) is 1.79. The third kappa shape index (κ3) is 5.17. The molecule has 0 radical (unpaired) electrons. The van der Waals surface area contributed by atoms with Crippen LogP contribution in [0.15, 0.2) is 12.7 Å². The zero-order chi connectivity index (χ0) is 8.69. The smallest absolute Gasteiger partial charge is 0.322 e. The molecule has 2 N–H and O–H groups in total. The molecule has 3 nitrogen and oxygen atoms in total. The predicted octanol–water partition coefficient (Wildman–Crippen LogP) is 0.793. The van der Waals surface area contributed by atoms with Crippen LogP contribution in [0.2, 0.25) is 0 Å². The van der Waals surface area contributed by atoms with E-state index >= 15 is 0 Å². The van der Waals surface area contributed by atoms with Gasteiger partial charge in [-0.15, -0.1) is 6.58 Å². The fourth-order valence-electron chi connectivity index (χ4n) is 0.373. The van der Waals surface area contributed by atoms with Crippen molar-refractivity contribution in [3.8, 4) is 0 Å². The van der Waals surface area contributed by atoms with Crippen LogP contribution in [0.25, 0.3) is 0 Å². The molecule has 0 saturated carbocycles. The number of rotatable bonds is 6. The zero-order valence-electron chi connectivity index (χ0n) is 5.99. The van der Waals surface area contributed by atoms with Crippen molar-refractivity contribution in [1.29, 1.82) is 0 Å². The first kappa shape index (κ1) is 10.9. The van der Waals surface area contributed by atoms with Gasteiger partial charge in [-0.3, -0.25) is 4.79 Å². The maximum atomic E-state index is 10.4. The summed E-state index contributed by atoms with van der Waals surface area (Å²) in [5.74, 6) is 0.105. The van der Waals surface area contributed by atoms with Gasteiger partial charge in [0.25, 0.3) is 0 Å². The van der Waals surface area contributed by atoms with Crippen molar-refractivity contribution in [2.75, 3.05) is 11.5 Å². The van der Waals surface area contributed by atoms with Crippen molar-refractivity contribution in [3.63, 3.8) is 0 Å². The summed E-state index contributed by atoms with van der Waals surface area (Å²) in [6.45, 7) is 3.50. The average Bonchev–Trinajstić information content (AvgIpc) is 1.97. The van der Waals surface area contributed by atoms with E-state index in [1.807, 2.05) is 0 Å². The number of thiol groups is 1. The summed E-state index contributed by atoms with van der Waals surface area (Å²) < 4.78 is 2.74. The van der Waals surface area contributed by atoms with Crippen LogP contribution in [-0.2, 0) is 4.79 Å². The minimum atomic E-state index is -0.878. The quantitative estimate of drug-likeness (QED) is 0.253. The molecule has 1 unspecified atom stereocenters. The first-order valence-electron chi connectivity index (χ1n) is 3.04. The predicted molar refractivity (Wildman–Crippen MR) is 51.1 cm³/mol. The van der Waals surface area contributed by atoms with Gasteiger partial charge < -0.3 is 5.11 Å². The number of carboxylic acid groups (broad SMARTS) is 1. The number of carboxylic acids is 1. The van der Waals surface area contributed by atoms with Crippen molar-refractivity contribution in [3.05, 3.63) is 12.7 Å². The number of hydrogen-bond acceptors (Lipinski definition) is 4. The highest BCUT2D eigenvalue weighted by Gasteiger charge is 2.13. The fraction of sp³-hybridized carbons (Fsp3) is 0.500. The van der Waals surface area contributed by atoms with E-state index in [0.29, 0.717) is 11.5 Å². The Morgan fingerprint density at radius 1 is 1.91 bits per heavy atom. The molecule has 0 heterocycles. The standard InChI is InChI=1S/C6H11NO2S2/c1-2-3-11-7-5(4-10)6(8)9/h2,5,7,10H,1,3-4H2,(H,8,9). The van der Waals surface area contributed by atoms with E-state index in [4.69, 9.17) is 5.11 Å². The number of carbonyl (C=O) groups is 1. The lowest BCUT2D eigenvalue weighted by Crippen LogP contribution is -2.33. The van der Waals surface area contributed by atoms with Crippen molar-refractivity contribution >= 4 is 30.5 Å². The Balaban J connectivity index is 3.52. The number of aliphatic carboxylic acids is 1. The summed E-state index contributed by atoms with van der Waals surface area (Å²) in [5.41, 5.74) is 0. The van der Waals surface area contributed by atoms with Crippen LogP contribution in [0, 0.1) is 0 Å². The van der Waals surface area contributed by atoms with Crippen molar-refractivity contribution in [2.45, 2.75) is 6.04 Å². The van der Waals surface area contributed by atoms with E-state index < -0.39 is 12.0 Å². The van der Waals surface area contributed by atoms with Crippen LogP contribution in [0.5, 0.6) is 0 Å². The van der Waals surface area contributed by atoms with Gasteiger partial charge in [0.2, 0.25) is 0 Å². The number of hydrogen-bond donors (Lipinski definition) is 3. The van der Waals surface area contributed by atoms with Crippen molar-refractivity contribution in [2.24, 2.45) is 0 Å². The van der Waals surface area contributed by atoms with E-state index in [9.17, 15) is 4.79 Å². The van der Waals surface area contributed by atoms with Gasteiger partial charge in [0.05, 0.1) is 0 Å². The topological polar surface area (TPSA) is 49.3 Å². The molecule has 0 aliphatic heterocycles. The fourth-order valence-corrected chi connectivity index (χ4v) is 1.34. The first-order valence-corrected chi connectivity index (χ1v) is 4.66. The number of nitrogens with one attached hydrogen (secondary N) is 1. The van der Waals surface area contributed by atoms with Gasteiger partial charge >= 0.3 is 5.97 Å². The van der Waals surface area contributed by atoms with Crippen molar-refractivity contribution < 1.29 is 9.90 Å². The molecule has 0 spiro atoms. The highest BCUT2D eigenvalue weighted by molar-refractivity contribution is 7.97. The molecule has 0 aromatic heterocycles. The summed E-state index contributed by atoms with van der Waals surface area (Å²) in [4.78, 5) is 10.4. The summed E-state index contributed by atoms with van der Waals surface area (Å²) in [5, 5.41) is 8.52. The van der Waals surface area contributed by atoms with Gasteiger partial charge in [-0.2, -0.15) is 12.6 Å². The normalized spacial score (nSPS) is 12.5. The molecule has 0 bridgehead atoms. The molecule has 0 aromatic rings. The summed E-state index contributed by atoms with van der Waals surface area (Å²) in [6, 6.07) is -0.580. The maximum absolute atomic E-state index is 10.4. The Labute approximate surface area is 75.8 Å². The summed E-state index contributed by atoms with van der Waals surface area (Å²) >= 11 is 5.19. The lowest BCUT2D eigenvalue weighted by atomic mass is 10.4. The van der Waals surface area contributed by atoms with Gasteiger partial charge in [-0.1, -0.05) is 18.0 Å². The molecular formula is C6H11NO2S2. The first-order chi connectivity index (χ1) is 5.22. The molecule has 0 aliphatic rings. The Kier molecular flexibility index (Phi) is 6.49. The third-order valence-corrected chi connectivity index (χ3v) is 2.13. The molecule has 11 heavy (non-hydrogen) atoms. The minimum absolute atomic E-state index is 0.291. The third-order valence-electron chi connectivity index (χ3n) is 0.907. The Morgan fingerprint density at radius 2 is 2.55 bits per heavy atom. The van der Waals surface area contributed by atoms with Gasteiger partial charge in [0.1, 0.15) is 6.04 Å². The molecule has 0 amide bonds. The van der Waals surface area contributed by atoms with Crippen LogP contribution in [0.4, 0.5) is 0 Å². The maximum Gasteiger partial charge on any atom is 0.322 e. The molecule has 0 fully saturated rings. The largest absolute Gasteiger partial charge is 0.480 e. The van der Waals surface area contributed by atoms with Crippen LogP contribution < -0.4 is 4.72 Å². The summed E-state index contributed by atoms with van der Waals surface area (Å²) in [6.07, 6.45) is 1.70. The average molecular weight is 193 g/mol. The van der Waals surface area contributed by atoms with Gasteiger partial charge in [-0.25, -0.2) is 4.72 Å². The molecule has 5 heteroatoms. The SMILES string of the molecule is C=CCSNC(CS)C(=O)O. The second-order valence-corrected chi connectivity index (χ2v) is 3.01. The lowest BCUT2D eigenvalue weighted by Gasteiger charge is -2.08. The minimum Gasteiger partial charge on any atom is -0.480 e. The monoisotopic (exact) mass is 193 g/mol. The van der Waals surface area contributed by atoms with E-state index in [-0.39, 0.29) is 0 Å². The summed E-state index contributed by atoms with van der Waals surface area (Å²) in [7, 11) is 0. The van der Waals surface area contributed by atoms with E-state index in [1.54, 1.807) is 6.08 Å². The van der Waals surface area contributed by atoms with Gasteiger partial charge in [-0.05, 0) is 0 Å². The van der Waals surface area contributed by atoms with Crippen molar-refractivity contribution in [1.82, 2.24) is 4.72 Å². The van der Waals surface area contributed by atoms with E-state index in [2.05, 4.69) is 23.9 Å². The molecule has 64 valence electrons. The Morgan fingerprint density at radius 3 is 2.91 bits per heavy atom. The molecular weight excluding hydrogens is 182 g/mol. The van der Waals surface area contributed by atoms with E-state index in [1.165, 1.54) is 11.9 Å².